The zero-order valence-corrected chi connectivity index (χ0v) is 10.9. The fourth-order valence-corrected chi connectivity index (χ4v) is 1.62. The molecule has 0 radical (unpaired) electrons. The smallest absolute Gasteiger partial charge is 0.341 e. The Labute approximate surface area is 106 Å². The molecular weight excluding hydrogens is 236 g/mol. The quantitative estimate of drug-likeness (QED) is 0.766. The summed E-state index contributed by atoms with van der Waals surface area (Å²) < 4.78 is 14.8. The fraction of sp³-hybridized carbons (Fsp3) is 0.385. The highest BCUT2D eigenvalue weighted by molar-refractivity contribution is 5.97. The van der Waals surface area contributed by atoms with E-state index < -0.39 is 11.9 Å². The third kappa shape index (κ3) is 2.61. The van der Waals surface area contributed by atoms with Crippen LogP contribution in [-0.2, 0) is 9.47 Å². The van der Waals surface area contributed by atoms with E-state index in [1.165, 1.54) is 26.4 Å². The Morgan fingerprint density at radius 3 is 2.06 bits per heavy atom. The zero-order valence-electron chi connectivity index (χ0n) is 10.9. The molecule has 0 spiro atoms. The zero-order chi connectivity index (χ0) is 13.7. The average molecular weight is 252 g/mol. The van der Waals surface area contributed by atoms with E-state index in [0.717, 1.165) is 0 Å². The van der Waals surface area contributed by atoms with Gasteiger partial charge in [-0.3, -0.25) is 0 Å². The van der Waals surface area contributed by atoms with Crippen LogP contribution >= 0.6 is 0 Å². The summed E-state index contributed by atoms with van der Waals surface area (Å²) in [6.07, 6.45) is 0. The molecule has 0 aromatic heterocycles. The molecular formula is C13H16O5. The Morgan fingerprint density at radius 1 is 1.06 bits per heavy atom. The van der Waals surface area contributed by atoms with Crippen molar-refractivity contribution < 1.29 is 23.8 Å². The Morgan fingerprint density at radius 2 is 1.56 bits per heavy atom. The highest BCUT2D eigenvalue weighted by Gasteiger charge is 2.20. The minimum Gasteiger partial charge on any atom is -0.493 e. The van der Waals surface area contributed by atoms with Crippen LogP contribution in [0.3, 0.4) is 0 Å². The van der Waals surface area contributed by atoms with Crippen molar-refractivity contribution in [3.8, 4) is 5.75 Å². The lowest BCUT2D eigenvalue weighted by atomic mass is 10.0. The van der Waals surface area contributed by atoms with E-state index in [-0.39, 0.29) is 0 Å². The summed E-state index contributed by atoms with van der Waals surface area (Å²) in [5.74, 6) is -0.616. The Kier molecular flexibility index (Phi) is 4.71. The van der Waals surface area contributed by atoms with E-state index in [9.17, 15) is 9.59 Å². The minimum atomic E-state index is -0.502. The van der Waals surface area contributed by atoms with Gasteiger partial charge in [-0.1, -0.05) is 0 Å². The van der Waals surface area contributed by atoms with Crippen molar-refractivity contribution in [3.05, 3.63) is 28.8 Å². The van der Waals surface area contributed by atoms with E-state index in [0.29, 0.717) is 29.0 Å². The molecule has 0 aliphatic heterocycles. The van der Waals surface area contributed by atoms with Crippen molar-refractivity contribution in [2.24, 2.45) is 0 Å². The molecule has 5 nitrogen and oxygen atoms in total. The third-order valence-corrected chi connectivity index (χ3v) is 2.51. The number of carbonyl (C=O) groups is 2. The summed E-state index contributed by atoms with van der Waals surface area (Å²) >= 11 is 0. The molecule has 5 heteroatoms. The number of rotatable bonds is 4. The number of hydrogen-bond donors (Lipinski definition) is 0. The number of esters is 2. The van der Waals surface area contributed by atoms with Gasteiger partial charge >= 0.3 is 11.9 Å². The maximum atomic E-state index is 11.6. The lowest BCUT2D eigenvalue weighted by Gasteiger charge is -2.14. The maximum Gasteiger partial charge on any atom is 0.341 e. The van der Waals surface area contributed by atoms with Gasteiger partial charge in [-0.15, -0.1) is 0 Å². The van der Waals surface area contributed by atoms with Crippen molar-refractivity contribution in [3.63, 3.8) is 0 Å². The average Bonchev–Trinajstić information content (AvgIpc) is 2.39. The second kappa shape index (κ2) is 6.05. The van der Waals surface area contributed by atoms with Gasteiger partial charge in [0.05, 0.1) is 26.4 Å². The first kappa shape index (κ1) is 14.0. The summed E-state index contributed by atoms with van der Waals surface area (Å²) in [5, 5.41) is 0. The van der Waals surface area contributed by atoms with Crippen LogP contribution in [0.25, 0.3) is 0 Å². The van der Waals surface area contributed by atoms with Gasteiger partial charge in [0.2, 0.25) is 0 Å². The largest absolute Gasteiger partial charge is 0.493 e. The van der Waals surface area contributed by atoms with Crippen LogP contribution in [0.1, 0.15) is 33.2 Å². The molecule has 1 aromatic rings. The van der Waals surface area contributed by atoms with Gasteiger partial charge in [0.1, 0.15) is 11.3 Å². The topological polar surface area (TPSA) is 61.8 Å². The lowest BCUT2D eigenvalue weighted by molar-refractivity contribution is 0.0581. The standard InChI is InChI=1S/C13H16O5/c1-5-18-11-8(2)9(12(14)16-3)6-7-10(11)13(15)17-4/h6-7H,5H2,1-4H3. The highest BCUT2D eigenvalue weighted by atomic mass is 16.5. The van der Waals surface area contributed by atoms with E-state index in [4.69, 9.17) is 4.74 Å². The molecule has 0 N–H and O–H groups in total. The second-order valence-electron chi connectivity index (χ2n) is 3.53. The summed E-state index contributed by atoms with van der Waals surface area (Å²) in [6, 6.07) is 3.02. The van der Waals surface area contributed by atoms with Crippen LogP contribution in [0.15, 0.2) is 12.1 Å². The number of carbonyl (C=O) groups excluding carboxylic acids is 2. The van der Waals surface area contributed by atoms with Crippen LogP contribution in [-0.4, -0.2) is 32.8 Å². The van der Waals surface area contributed by atoms with Crippen LogP contribution in [0.2, 0.25) is 0 Å². The first-order valence-corrected chi connectivity index (χ1v) is 5.49. The van der Waals surface area contributed by atoms with Crippen molar-refractivity contribution in [1.29, 1.82) is 0 Å². The van der Waals surface area contributed by atoms with Crippen LogP contribution in [0.4, 0.5) is 0 Å². The van der Waals surface area contributed by atoms with Gasteiger partial charge in [0.15, 0.2) is 0 Å². The van der Waals surface area contributed by atoms with Gasteiger partial charge in [-0.25, -0.2) is 9.59 Å². The maximum absolute atomic E-state index is 11.6. The van der Waals surface area contributed by atoms with Crippen molar-refractivity contribution in [2.75, 3.05) is 20.8 Å². The number of hydrogen-bond acceptors (Lipinski definition) is 5. The van der Waals surface area contributed by atoms with Crippen LogP contribution in [0, 0.1) is 6.92 Å². The van der Waals surface area contributed by atoms with Gasteiger partial charge < -0.3 is 14.2 Å². The molecule has 1 rings (SSSR count). The van der Waals surface area contributed by atoms with Gasteiger partial charge in [-0.05, 0) is 26.0 Å². The number of benzene rings is 1. The Balaban J connectivity index is 3.36. The summed E-state index contributed by atoms with van der Waals surface area (Å²) in [7, 11) is 2.60. The predicted molar refractivity (Wildman–Crippen MR) is 65.0 cm³/mol. The normalized spacial score (nSPS) is 9.78. The van der Waals surface area contributed by atoms with Crippen molar-refractivity contribution in [2.45, 2.75) is 13.8 Å². The molecule has 0 fully saturated rings. The number of ether oxygens (including phenoxy) is 3. The molecule has 0 amide bonds. The third-order valence-electron chi connectivity index (χ3n) is 2.51. The van der Waals surface area contributed by atoms with Gasteiger partial charge in [0, 0.05) is 5.56 Å². The van der Waals surface area contributed by atoms with Crippen LogP contribution in [0.5, 0.6) is 5.75 Å². The van der Waals surface area contributed by atoms with E-state index in [1.54, 1.807) is 13.8 Å². The SMILES string of the molecule is CCOc1c(C(=O)OC)ccc(C(=O)OC)c1C. The first-order valence-electron chi connectivity index (χ1n) is 5.49. The predicted octanol–water partition coefficient (Wildman–Crippen LogP) is 1.97. The lowest BCUT2D eigenvalue weighted by Crippen LogP contribution is -2.11. The van der Waals surface area contributed by atoms with Gasteiger partial charge in [-0.2, -0.15) is 0 Å². The molecule has 0 unspecified atom stereocenters. The molecule has 1 aromatic carbocycles. The molecule has 0 heterocycles. The molecule has 0 aliphatic rings. The van der Waals surface area contributed by atoms with Crippen LogP contribution < -0.4 is 4.74 Å². The molecule has 98 valence electrons. The first-order chi connectivity index (χ1) is 8.56. The molecule has 0 bridgehead atoms. The minimum absolute atomic E-state index is 0.296. The highest BCUT2D eigenvalue weighted by Crippen LogP contribution is 2.28. The molecule has 18 heavy (non-hydrogen) atoms. The van der Waals surface area contributed by atoms with Gasteiger partial charge in [0.25, 0.3) is 0 Å². The van der Waals surface area contributed by atoms with E-state index in [2.05, 4.69) is 9.47 Å². The molecule has 0 saturated carbocycles. The fourth-order valence-electron chi connectivity index (χ4n) is 1.62. The monoisotopic (exact) mass is 252 g/mol. The van der Waals surface area contributed by atoms with Crippen molar-refractivity contribution in [1.82, 2.24) is 0 Å². The van der Waals surface area contributed by atoms with E-state index in [1.807, 2.05) is 0 Å². The molecule has 0 aliphatic carbocycles. The summed E-state index contributed by atoms with van der Waals surface area (Å²) in [5.41, 5.74) is 1.23. The number of methoxy groups -OCH3 is 2. The molecule has 0 atom stereocenters. The Bertz CT molecular complexity index is 465. The van der Waals surface area contributed by atoms with E-state index >= 15 is 0 Å². The summed E-state index contributed by atoms with van der Waals surface area (Å²) in [4.78, 5) is 23.1. The van der Waals surface area contributed by atoms with Crippen molar-refractivity contribution >= 4 is 11.9 Å². The summed E-state index contributed by atoms with van der Waals surface area (Å²) in [6.45, 7) is 3.88. The second-order valence-corrected chi connectivity index (χ2v) is 3.53. The Hall–Kier alpha value is -2.04. The molecule has 0 saturated heterocycles.